The second kappa shape index (κ2) is 4.62. The lowest BCUT2D eigenvalue weighted by Gasteiger charge is -2.21. The molecule has 0 aromatic carbocycles. The van der Waals surface area contributed by atoms with Crippen molar-refractivity contribution >= 4 is 35.0 Å². The highest BCUT2D eigenvalue weighted by atomic mass is 79.9. The van der Waals surface area contributed by atoms with Crippen LogP contribution in [-0.4, -0.2) is 49.3 Å². The Balaban J connectivity index is 2.58. The molecule has 0 radical (unpaired) electrons. The van der Waals surface area contributed by atoms with E-state index in [4.69, 9.17) is 9.31 Å². The van der Waals surface area contributed by atoms with Gasteiger partial charge in [-0.1, -0.05) is 15.9 Å². The first-order valence-corrected chi connectivity index (χ1v) is 4.87. The van der Waals surface area contributed by atoms with Crippen LogP contribution in [0.3, 0.4) is 0 Å². The lowest BCUT2D eigenvalue weighted by Crippen LogP contribution is -2.43. The monoisotopic (exact) mass is 249 g/mol. The van der Waals surface area contributed by atoms with Crippen molar-refractivity contribution in [1.29, 1.82) is 0 Å². The highest BCUT2D eigenvalue weighted by Crippen LogP contribution is 2.01. The topological polar surface area (TPSA) is 55.8 Å². The van der Waals surface area contributed by atoms with E-state index in [0.29, 0.717) is 5.23 Å². The first-order valence-electron chi connectivity index (χ1n) is 3.75. The molecule has 0 N–H and O–H groups in total. The van der Waals surface area contributed by atoms with Gasteiger partial charge in [0.1, 0.15) is 0 Å². The van der Waals surface area contributed by atoms with Gasteiger partial charge < -0.3 is 9.31 Å². The largest absolute Gasteiger partial charge is 0.609 e. The summed E-state index contributed by atoms with van der Waals surface area (Å²) in [5, 5.41) is 0.300. The lowest BCUT2D eigenvalue weighted by molar-refractivity contribution is -0.145. The van der Waals surface area contributed by atoms with Gasteiger partial charge in [0.05, 0.1) is 18.3 Å². The number of hydrogen-bond acceptors (Lipinski definition) is 5. The van der Waals surface area contributed by atoms with E-state index in [1.807, 2.05) is 0 Å². The van der Waals surface area contributed by atoms with Gasteiger partial charge in [0.15, 0.2) is 0 Å². The van der Waals surface area contributed by atoms with E-state index in [2.05, 4.69) is 15.9 Å². The second-order valence-corrected chi connectivity index (χ2v) is 3.38. The molecule has 0 amide bonds. The SMILES string of the molecule is CN1CC(=O)OB(CBr)OC(=O)C1. The van der Waals surface area contributed by atoms with Crippen LogP contribution in [0.4, 0.5) is 0 Å². The molecule has 1 fully saturated rings. The maximum atomic E-state index is 11.0. The van der Waals surface area contributed by atoms with Crippen LogP contribution in [-0.2, 0) is 18.9 Å². The Kier molecular flexibility index (Phi) is 3.74. The molecule has 0 aromatic rings. The smallest absolute Gasteiger partial charge is 0.498 e. The number of likely N-dealkylation sites (N-methyl/N-ethyl adjacent to an activating group) is 1. The molecular weight excluding hydrogens is 241 g/mol. The third-order valence-corrected chi connectivity index (χ3v) is 1.98. The van der Waals surface area contributed by atoms with E-state index in [0.717, 1.165) is 0 Å². The third-order valence-electron chi connectivity index (χ3n) is 1.45. The Morgan fingerprint density at radius 3 is 2.23 bits per heavy atom. The van der Waals surface area contributed by atoms with Crippen molar-refractivity contribution in [3.8, 4) is 0 Å². The molecule has 1 aliphatic heterocycles. The summed E-state index contributed by atoms with van der Waals surface area (Å²) in [7, 11) is 0.852. The van der Waals surface area contributed by atoms with E-state index >= 15 is 0 Å². The summed E-state index contributed by atoms with van der Waals surface area (Å²) < 4.78 is 9.62. The zero-order chi connectivity index (χ0) is 9.84. The summed E-state index contributed by atoms with van der Waals surface area (Å²) in [6.45, 7) is 0.219. The number of carbonyl (C=O) groups excluding carboxylic acids is 2. The molecule has 1 saturated heterocycles. The number of rotatable bonds is 1. The first-order chi connectivity index (χ1) is 6.11. The summed E-state index contributed by atoms with van der Waals surface area (Å²) >= 11 is 3.07. The summed E-state index contributed by atoms with van der Waals surface area (Å²) in [5.74, 6) is -0.779. The van der Waals surface area contributed by atoms with Crippen molar-refractivity contribution in [2.75, 3.05) is 25.4 Å². The predicted molar refractivity (Wildman–Crippen MR) is 49.2 cm³/mol. The van der Waals surface area contributed by atoms with Gasteiger partial charge in [-0.2, -0.15) is 0 Å². The molecule has 0 unspecified atom stereocenters. The molecule has 5 nitrogen and oxygen atoms in total. The first kappa shape index (κ1) is 10.5. The Morgan fingerprint density at radius 1 is 1.38 bits per heavy atom. The van der Waals surface area contributed by atoms with Crippen LogP contribution in [0.1, 0.15) is 0 Å². The van der Waals surface area contributed by atoms with Crippen LogP contribution in [0.15, 0.2) is 0 Å². The molecule has 1 aliphatic rings. The lowest BCUT2D eigenvalue weighted by atomic mass is 9.95. The van der Waals surface area contributed by atoms with Gasteiger partial charge in [-0.25, -0.2) is 0 Å². The van der Waals surface area contributed by atoms with Gasteiger partial charge in [0, 0.05) is 0 Å². The summed E-state index contributed by atoms with van der Waals surface area (Å²) in [5.41, 5.74) is 0. The minimum atomic E-state index is -0.798. The molecule has 1 rings (SSSR count). The number of alkyl halides is 1. The number of hydrogen-bond donors (Lipinski definition) is 0. The molecule has 1 heterocycles. The maximum Gasteiger partial charge on any atom is 0.609 e. The van der Waals surface area contributed by atoms with Gasteiger partial charge in [0.25, 0.3) is 0 Å². The molecule has 7 heteroatoms. The van der Waals surface area contributed by atoms with Gasteiger partial charge in [0.2, 0.25) is 0 Å². The van der Waals surface area contributed by atoms with Crippen molar-refractivity contribution in [3.05, 3.63) is 0 Å². The minimum Gasteiger partial charge on any atom is -0.498 e. The molecule has 0 atom stereocenters. The van der Waals surface area contributed by atoms with Crippen LogP contribution in [0.2, 0.25) is 0 Å². The van der Waals surface area contributed by atoms with Gasteiger partial charge in [-0.15, -0.1) is 0 Å². The van der Waals surface area contributed by atoms with Crippen molar-refractivity contribution in [1.82, 2.24) is 4.90 Å². The summed E-state index contributed by atoms with van der Waals surface area (Å²) in [4.78, 5) is 23.6. The molecule has 0 spiro atoms. The fourth-order valence-corrected chi connectivity index (χ4v) is 1.22. The van der Waals surface area contributed by atoms with Crippen LogP contribution in [0.25, 0.3) is 0 Å². The third kappa shape index (κ3) is 3.35. The molecule has 0 aromatic heterocycles. The Bertz CT molecular complexity index is 205. The van der Waals surface area contributed by atoms with Crippen LogP contribution < -0.4 is 0 Å². The Morgan fingerprint density at radius 2 is 1.85 bits per heavy atom. The standard InChI is InChI=1S/C6H9BBrNO4/c1-9-2-5(10)12-7(4-8)13-6(11)3-9/h2-4H2,1H3. The maximum absolute atomic E-state index is 11.0. The van der Waals surface area contributed by atoms with Crippen LogP contribution in [0.5, 0.6) is 0 Å². The molecule has 0 bridgehead atoms. The molecule has 72 valence electrons. The number of halogens is 1. The highest BCUT2D eigenvalue weighted by molar-refractivity contribution is 9.09. The molecular formula is C6H9BBrNO4. The Labute approximate surface area is 84.6 Å². The average Bonchev–Trinajstić information content (AvgIpc) is 1.99. The van der Waals surface area contributed by atoms with E-state index in [1.165, 1.54) is 4.90 Å². The molecule has 0 aliphatic carbocycles. The van der Waals surface area contributed by atoms with E-state index < -0.39 is 7.12 Å². The number of nitrogens with zero attached hydrogens (tertiary/aromatic N) is 1. The van der Waals surface area contributed by atoms with Crippen LogP contribution in [0, 0.1) is 0 Å². The predicted octanol–water partition coefficient (Wildman–Crippen LogP) is -0.560. The van der Waals surface area contributed by atoms with Crippen molar-refractivity contribution in [2.24, 2.45) is 0 Å². The fourth-order valence-electron chi connectivity index (χ4n) is 0.951. The van der Waals surface area contributed by atoms with E-state index in [1.54, 1.807) is 7.05 Å². The average molecular weight is 250 g/mol. The van der Waals surface area contributed by atoms with E-state index in [9.17, 15) is 9.59 Å². The molecule has 0 saturated carbocycles. The minimum absolute atomic E-state index is 0.110. The van der Waals surface area contributed by atoms with Crippen molar-refractivity contribution < 1.29 is 18.9 Å². The normalized spacial score (nSPS) is 20.3. The fraction of sp³-hybridized carbons (Fsp3) is 0.667. The van der Waals surface area contributed by atoms with E-state index in [-0.39, 0.29) is 25.0 Å². The second-order valence-electron chi connectivity index (χ2n) is 2.74. The highest BCUT2D eigenvalue weighted by Gasteiger charge is 2.30. The summed E-state index contributed by atoms with van der Waals surface area (Å²) in [6.07, 6.45) is 0. The molecule has 13 heavy (non-hydrogen) atoms. The Hall–Kier alpha value is -0.555. The quantitative estimate of drug-likeness (QED) is 0.461. The zero-order valence-corrected chi connectivity index (χ0v) is 8.74. The van der Waals surface area contributed by atoms with Crippen LogP contribution >= 0.6 is 15.9 Å². The van der Waals surface area contributed by atoms with Crippen molar-refractivity contribution in [2.45, 2.75) is 0 Å². The van der Waals surface area contributed by atoms with Crippen molar-refractivity contribution in [3.63, 3.8) is 0 Å². The van der Waals surface area contributed by atoms with Gasteiger partial charge in [-0.3, -0.25) is 14.5 Å². The summed E-state index contributed by atoms with van der Waals surface area (Å²) in [6, 6.07) is 0. The van der Waals surface area contributed by atoms with Gasteiger partial charge >= 0.3 is 19.1 Å². The zero-order valence-electron chi connectivity index (χ0n) is 7.16. The number of carbonyl (C=O) groups is 2. The van der Waals surface area contributed by atoms with Gasteiger partial charge in [-0.05, 0) is 7.05 Å².